The SMILES string of the molecule is CC1[C@@H](C)C(C)C(C)(C(C)(C)C23C(C)C[C@@]2(C(C)(C)C)C(C)(C(C)(C)C(C)C)C(C)[C@H]3C)C(C)(C)C1(C)C. The molecule has 0 aromatic rings. The van der Waals surface area contributed by atoms with Crippen molar-refractivity contribution in [3.8, 4) is 0 Å². The number of rotatable bonds is 4. The van der Waals surface area contributed by atoms with Gasteiger partial charge in [-0.05, 0) is 96.6 Å². The molecule has 3 aliphatic rings. The fourth-order valence-electron chi connectivity index (χ4n) is 14.2. The molecule has 0 nitrogen and oxygen atoms in total. The molecule has 0 amide bonds. The van der Waals surface area contributed by atoms with Crippen LogP contribution in [0.1, 0.15) is 152 Å². The van der Waals surface area contributed by atoms with Crippen LogP contribution in [0.2, 0.25) is 0 Å². The van der Waals surface area contributed by atoms with Crippen LogP contribution in [0.3, 0.4) is 0 Å². The van der Waals surface area contributed by atoms with E-state index in [4.69, 9.17) is 0 Å². The van der Waals surface area contributed by atoms with E-state index in [1.165, 1.54) is 6.42 Å². The molecule has 3 fully saturated rings. The van der Waals surface area contributed by atoms with E-state index in [9.17, 15) is 0 Å². The smallest absolute Gasteiger partial charge is 0.0117 e. The Labute approximate surface area is 241 Å². The predicted molar refractivity (Wildman–Crippen MR) is 170 cm³/mol. The number of hydrogen-bond acceptors (Lipinski definition) is 0. The van der Waals surface area contributed by atoms with Crippen LogP contribution in [0.4, 0.5) is 0 Å². The second kappa shape index (κ2) is 8.30. The van der Waals surface area contributed by atoms with Crippen LogP contribution in [0.5, 0.6) is 0 Å². The Balaban J connectivity index is 2.52. The fourth-order valence-corrected chi connectivity index (χ4v) is 14.2. The summed E-state index contributed by atoms with van der Waals surface area (Å²) >= 11 is 0. The quantitative estimate of drug-likeness (QED) is 0.340. The second-order valence-corrected chi connectivity index (χ2v) is 19.4. The predicted octanol–water partition coefficient (Wildman–Crippen LogP) is 12.0. The minimum Gasteiger partial charge on any atom is -0.0622 e. The highest BCUT2D eigenvalue weighted by molar-refractivity contribution is 5.35. The summed E-state index contributed by atoms with van der Waals surface area (Å²) in [6, 6.07) is 0. The van der Waals surface area contributed by atoms with Crippen molar-refractivity contribution in [3.05, 3.63) is 0 Å². The van der Waals surface area contributed by atoms with Crippen molar-refractivity contribution in [3.63, 3.8) is 0 Å². The standard InChI is InChI=1S/C38H72/c1-23(2)31(12,13)35(20)28(7)29(8)38(24(3)22-37(35,38)30(9,10)11)34(18,19)36(21)27(6)25(4)26(5)32(14,15)33(36,16)17/h23-29H,22H2,1-21H3/t24?,25-,26?,27?,28?,29-,35?,36?,37-,38?/m1/s1. The van der Waals surface area contributed by atoms with Crippen LogP contribution in [-0.4, -0.2) is 0 Å². The van der Waals surface area contributed by atoms with Crippen LogP contribution < -0.4 is 0 Å². The summed E-state index contributed by atoms with van der Waals surface area (Å²) in [4.78, 5) is 0. The summed E-state index contributed by atoms with van der Waals surface area (Å²) in [7, 11) is 0. The van der Waals surface area contributed by atoms with Crippen LogP contribution >= 0.6 is 0 Å². The van der Waals surface area contributed by atoms with Crippen LogP contribution in [0.25, 0.3) is 0 Å². The lowest BCUT2D eigenvalue weighted by Crippen LogP contribution is -2.78. The molecule has 0 spiro atoms. The molecule has 0 aliphatic heterocycles. The molecule has 0 heterocycles. The van der Waals surface area contributed by atoms with E-state index in [1.54, 1.807) is 0 Å². The first kappa shape index (κ1) is 32.5. The fraction of sp³-hybridized carbons (Fsp3) is 1.00. The van der Waals surface area contributed by atoms with Gasteiger partial charge in [0, 0.05) is 0 Å². The van der Waals surface area contributed by atoms with Gasteiger partial charge in [0.25, 0.3) is 0 Å². The van der Waals surface area contributed by atoms with E-state index in [2.05, 4.69) is 145 Å². The Morgan fingerprint density at radius 3 is 1.42 bits per heavy atom. The molecular weight excluding hydrogens is 456 g/mol. The third-order valence-corrected chi connectivity index (χ3v) is 18.3. The van der Waals surface area contributed by atoms with Gasteiger partial charge in [0.05, 0.1) is 0 Å². The maximum atomic E-state index is 2.79. The van der Waals surface area contributed by atoms with Gasteiger partial charge in [-0.15, -0.1) is 0 Å². The third kappa shape index (κ3) is 2.82. The van der Waals surface area contributed by atoms with E-state index >= 15 is 0 Å². The molecule has 0 N–H and O–H groups in total. The summed E-state index contributed by atoms with van der Waals surface area (Å²) < 4.78 is 0. The van der Waals surface area contributed by atoms with Crippen LogP contribution in [-0.2, 0) is 0 Å². The molecule has 0 radical (unpaired) electrons. The Morgan fingerprint density at radius 1 is 0.605 bits per heavy atom. The molecule has 7 unspecified atom stereocenters. The van der Waals surface area contributed by atoms with Gasteiger partial charge in [0.2, 0.25) is 0 Å². The highest BCUT2D eigenvalue weighted by atomic mass is 14.9. The maximum Gasteiger partial charge on any atom is -0.0117 e. The molecule has 0 bridgehead atoms. The van der Waals surface area contributed by atoms with Crippen molar-refractivity contribution in [2.24, 2.45) is 90.2 Å². The third-order valence-electron chi connectivity index (χ3n) is 18.3. The molecule has 0 aromatic carbocycles. The number of hydrogen-bond donors (Lipinski definition) is 0. The van der Waals surface area contributed by atoms with Gasteiger partial charge in [0.15, 0.2) is 0 Å². The van der Waals surface area contributed by atoms with Gasteiger partial charge in [-0.25, -0.2) is 0 Å². The van der Waals surface area contributed by atoms with Gasteiger partial charge in [-0.1, -0.05) is 145 Å². The summed E-state index contributed by atoms with van der Waals surface area (Å²) in [5, 5.41) is 0. The molecule has 0 saturated heterocycles. The zero-order chi connectivity index (χ0) is 30.2. The Hall–Kier alpha value is 0. The van der Waals surface area contributed by atoms with Gasteiger partial charge in [-0.3, -0.25) is 0 Å². The van der Waals surface area contributed by atoms with E-state index < -0.39 is 0 Å². The molecule has 0 aromatic heterocycles. The first-order valence-corrected chi connectivity index (χ1v) is 16.6. The van der Waals surface area contributed by atoms with E-state index in [0.717, 1.165) is 5.92 Å². The largest absolute Gasteiger partial charge is 0.0622 e. The Kier molecular flexibility index (Phi) is 7.10. The van der Waals surface area contributed by atoms with Crippen molar-refractivity contribution in [2.75, 3.05) is 0 Å². The first-order valence-electron chi connectivity index (χ1n) is 16.6. The van der Waals surface area contributed by atoms with Gasteiger partial charge >= 0.3 is 0 Å². The first-order chi connectivity index (χ1) is 16.6. The molecule has 3 rings (SSSR count). The van der Waals surface area contributed by atoms with Crippen LogP contribution in [0.15, 0.2) is 0 Å². The van der Waals surface area contributed by atoms with Crippen LogP contribution in [0, 0.1) is 90.2 Å². The summed E-state index contributed by atoms with van der Waals surface area (Å²) in [5.41, 5.74) is 2.12. The van der Waals surface area contributed by atoms with Crippen molar-refractivity contribution >= 4 is 0 Å². The minimum atomic E-state index is 0.165. The van der Waals surface area contributed by atoms with Gasteiger partial charge in [-0.2, -0.15) is 0 Å². The Morgan fingerprint density at radius 2 is 1.05 bits per heavy atom. The van der Waals surface area contributed by atoms with Crippen molar-refractivity contribution in [1.82, 2.24) is 0 Å². The monoisotopic (exact) mass is 529 g/mol. The average Bonchev–Trinajstić information content (AvgIpc) is 2.89. The Bertz CT molecular complexity index is 922. The number of fused-ring (bicyclic) bond motifs is 1. The van der Waals surface area contributed by atoms with Gasteiger partial charge < -0.3 is 0 Å². The molecule has 3 saturated carbocycles. The van der Waals surface area contributed by atoms with Crippen molar-refractivity contribution in [1.29, 1.82) is 0 Å². The maximum absolute atomic E-state index is 2.79. The normalized spacial score (nSPS) is 49.1. The van der Waals surface area contributed by atoms with Crippen molar-refractivity contribution < 1.29 is 0 Å². The lowest BCUT2D eigenvalue weighted by molar-refractivity contribution is -0.357. The minimum absolute atomic E-state index is 0.165. The topological polar surface area (TPSA) is 0 Å². The molecule has 0 heteroatoms. The zero-order valence-electron chi connectivity index (χ0n) is 30.2. The van der Waals surface area contributed by atoms with E-state index in [1.807, 2.05) is 0 Å². The second-order valence-electron chi connectivity index (χ2n) is 19.4. The molecule has 10 atom stereocenters. The summed E-state index contributed by atoms with van der Waals surface area (Å²) in [5.74, 6) is 4.84. The summed E-state index contributed by atoms with van der Waals surface area (Å²) in [6.07, 6.45) is 1.38. The lowest BCUT2D eigenvalue weighted by Gasteiger charge is -2.83. The highest BCUT2D eigenvalue weighted by Gasteiger charge is 2.88. The summed E-state index contributed by atoms with van der Waals surface area (Å²) in [6.45, 7) is 55.8. The van der Waals surface area contributed by atoms with E-state index in [0.29, 0.717) is 35.5 Å². The zero-order valence-corrected chi connectivity index (χ0v) is 30.2. The molecule has 3 aliphatic carbocycles. The highest BCUT2D eigenvalue weighted by Crippen LogP contribution is 2.93. The lowest BCUT2D eigenvalue weighted by atomic mass is 9.21. The molecular formula is C38H72. The molecule has 224 valence electrons. The average molecular weight is 529 g/mol. The molecule has 38 heavy (non-hydrogen) atoms. The van der Waals surface area contributed by atoms with Crippen molar-refractivity contribution in [2.45, 2.75) is 152 Å². The van der Waals surface area contributed by atoms with Gasteiger partial charge in [0.1, 0.15) is 0 Å². The van der Waals surface area contributed by atoms with E-state index in [-0.39, 0.29) is 48.7 Å².